The smallest absolute Gasteiger partial charge is 0.227 e. The van der Waals surface area contributed by atoms with Gasteiger partial charge in [-0.25, -0.2) is 0 Å². The number of carbonyl (C=O) groups is 1. The lowest BCUT2D eigenvalue weighted by atomic mass is 9.84. The molecule has 0 radical (unpaired) electrons. The van der Waals surface area contributed by atoms with Crippen molar-refractivity contribution in [3.63, 3.8) is 0 Å². The Kier molecular flexibility index (Phi) is 4.43. The van der Waals surface area contributed by atoms with E-state index < -0.39 is 0 Å². The molecule has 3 heteroatoms. The molecule has 0 bridgehead atoms. The lowest BCUT2D eigenvalue weighted by molar-refractivity contribution is -0.130. The van der Waals surface area contributed by atoms with Crippen molar-refractivity contribution in [3.05, 3.63) is 0 Å². The number of rotatable bonds is 4. The summed E-state index contributed by atoms with van der Waals surface area (Å²) in [6.45, 7) is 1.39. The van der Waals surface area contributed by atoms with E-state index in [0.29, 0.717) is 12.5 Å². The zero-order valence-electron chi connectivity index (χ0n) is 10.8. The second-order valence-corrected chi connectivity index (χ2v) is 5.91. The van der Waals surface area contributed by atoms with Crippen molar-refractivity contribution in [2.75, 3.05) is 13.1 Å². The van der Waals surface area contributed by atoms with E-state index >= 15 is 0 Å². The standard InChI is InChI=1S/C14H26N2O/c15-11-14(8-4-5-9-14)13(17)16-10-12-6-2-1-3-7-12/h12H,1-11,15H2,(H,16,17). The van der Waals surface area contributed by atoms with E-state index in [-0.39, 0.29) is 11.3 Å². The van der Waals surface area contributed by atoms with E-state index in [4.69, 9.17) is 5.73 Å². The first kappa shape index (κ1) is 12.9. The number of nitrogens with two attached hydrogens (primary N) is 1. The van der Waals surface area contributed by atoms with Crippen LogP contribution < -0.4 is 11.1 Å². The molecule has 1 amide bonds. The molecule has 0 atom stereocenters. The maximum atomic E-state index is 12.2. The van der Waals surface area contributed by atoms with Gasteiger partial charge >= 0.3 is 0 Å². The van der Waals surface area contributed by atoms with E-state index in [1.807, 2.05) is 0 Å². The summed E-state index contributed by atoms with van der Waals surface area (Å²) in [5.41, 5.74) is 5.59. The minimum Gasteiger partial charge on any atom is -0.355 e. The van der Waals surface area contributed by atoms with Crippen LogP contribution in [0.25, 0.3) is 0 Å². The molecule has 2 aliphatic rings. The van der Waals surface area contributed by atoms with Crippen molar-refractivity contribution in [1.82, 2.24) is 5.32 Å². The third-order valence-electron chi connectivity index (χ3n) is 4.71. The molecule has 0 aromatic carbocycles. The van der Waals surface area contributed by atoms with Crippen molar-refractivity contribution in [3.8, 4) is 0 Å². The number of amides is 1. The Morgan fingerprint density at radius 1 is 1.12 bits per heavy atom. The molecule has 0 aromatic rings. The first-order valence-corrected chi connectivity index (χ1v) is 7.25. The van der Waals surface area contributed by atoms with Crippen LogP contribution in [0.5, 0.6) is 0 Å². The summed E-state index contributed by atoms with van der Waals surface area (Å²) in [4.78, 5) is 12.2. The molecule has 3 N–H and O–H groups in total. The number of hydrogen-bond donors (Lipinski definition) is 2. The first-order valence-electron chi connectivity index (χ1n) is 7.25. The van der Waals surface area contributed by atoms with Crippen LogP contribution in [-0.2, 0) is 4.79 Å². The van der Waals surface area contributed by atoms with E-state index in [9.17, 15) is 4.79 Å². The fraction of sp³-hybridized carbons (Fsp3) is 0.929. The largest absolute Gasteiger partial charge is 0.355 e. The topological polar surface area (TPSA) is 55.1 Å². The van der Waals surface area contributed by atoms with Gasteiger partial charge < -0.3 is 11.1 Å². The van der Waals surface area contributed by atoms with E-state index in [0.717, 1.165) is 32.2 Å². The monoisotopic (exact) mass is 238 g/mol. The van der Waals surface area contributed by atoms with Gasteiger partial charge in [-0.3, -0.25) is 4.79 Å². The minimum absolute atomic E-state index is 0.225. The van der Waals surface area contributed by atoms with Crippen molar-refractivity contribution in [1.29, 1.82) is 0 Å². The zero-order valence-corrected chi connectivity index (χ0v) is 10.8. The van der Waals surface area contributed by atoms with Crippen LogP contribution >= 0.6 is 0 Å². The second kappa shape index (κ2) is 5.85. The van der Waals surface area contributed by atoms with Gasteiger partial charge in [-0.15, -0.1) is 0 Å². The van der Waals surface area contributed by atoms with Crippen LogP contribution in [0.2, 0.25) is 0 Å². The highest BCUT2D eigenvalue weighted by Gasteiger charge is 2.39. The van der Waals surface area contributed by atoms with E-state index in [1.54, 1.807) is 0 Å². The van der Waals surface area contributed by atoms with Crippen molar-refractivity contribution < 1.29 is 4.79 Å². The van der Waals surface area contributed by atoms with Gasteiger partial charge in [0.2, 0.25) is 5.91 Å². The predicted molar refractivity (Wildman–Crippen MR) is 69.5 cm³/mol. The Morgan fingerprint density at radius 3 is 2.35 bits per heavy atom. The summed E-state index contributed by atoms with van der Waals surface area (Å²) in [7, 11) is 0. The Labute approximate surface area is 105 Å². The second-order valence-electron chi connectivity index (χ2n) is 5.91. The van der Waals surface area contributed by atoms with Gasteiger partial charge in [0.25, 0.3) is 0 Å². The summed E-state index contributed by atoms with van der Waals surface area (Å²) < 4.78 is 0. The molecule has 0 aromatic heterocycles. The molecular weight excluding hydrogens is 212 g/mol. The molecule has 2 rings (SSSR count). The van der Waals surface area contributed by atoms with Crippen LogP contribution in [0.4, 0.5) is 0 Å². The molecule has 2 aliphatic carbocycles. The fourth-order valence-electron chi connectivity index (χ4n) is 3.39. The third-order valence-corrected chi connectivity index (χ3v) is 4.71. The minimum atomic E-state index is -0.228. The molecule has 3 nitrogen and oxygen atoms in total. The number of nitrogens with one attached hydrogen (secondary N) is 1. The molecule has 0 spiro atoms. The Bertz CT molecular complexity index is 253. The average molecular weight is 238 g/mol. The zero-order chi connectivity index (χ0) is 12.1. The highest BCUT2D eigenvalue weighted by molar-refractivity contribution is 5.83. The Morgan fingerprint density at radius 2 is 1.76 bits per heavy atom. The molecule has 17 heavy (non-hydrogen) atoms. The number of hydrogen-bond acceptors (Lipinski definition) is 2. The van der Waals surface area contributed by atoms with E-state index in [2.05, 4.69) is 5.32 Å². The van der Waals surface area contributed by atoms with Crippen molar-refractivity contribution in [2.24, 2.45) is 17.1 Å². The quantitative estimate of drug-likeness (QED) is 0.789. The molecule has 2 saturated carbocycles. The highest BCUT2D eigenvalue weighted by Crippen LogP contribution is 2.37. The van der Waals surface area contributed by atoms with Gasteiger partial charge in [-0.1, -0.05) is 32.1 Å². The summed E-state index contributed by atoms with van der Waals surface area (Å²) in [5.74, 6) is 0.937. The average Bonchev–Trinajstić information content (AvgIpc) is 2.87. The summed E-state index contributed by atoms with van der Waals surface area (Å²) in [5, 5.41) is 3.17. The van der Waals surface area contributed by atoms with Gasteiger partial charge in [-0.2, -0.15) is 0 Å². The summed E-state index contributed by atoms with van der Waals surface area (Å²) in [6, 6.07) is 0. The van der Waals surface area contributed by atoms with Crippen LogP contribution in [-0.4, -0.2) is 19.0 Å². The number of carbonyl (C=O) groups excluding carboxylic acids is 1. The third kappa shape index (κ3) is 3.01. The summed E-state index contributed by atoms with van der Waals surface area (Å²) in [6.07, 6.45) is 10.9. The van der Waals surface area contributed by atoms with Crippen molar-refractivity contribution in [2.45, 2.75) is 57.8 Å². The Hall–Kier alpha value is -0.570. The van der Waals surface area contributed by atoms with Crippen LogP contribution in [0.3, 0.4) is 0 Å². The van der Waals surface area contributed by atoms with Gasteiger partial charge in [0.05, 0.1) is 5.41 Å². The van der Waals surface area contributed by atoms with Crippen LogP contribution in [0.1, 0.15) is 57.8 Å². The predicted octanol–water partition coefficient (Wildman–Crippen LogP) is 2.20. The maximum Gasteiger partial charge on any atom is 0.227 e. The first-order chi connectivity index (χ1) is 8.27. The highest BCUT2D eigenvalue weighted by atomic mass is 16.2. The van der Waals surface area contributed by atoms with Gasteiger partial charge in [0.1, 0.15) is 0 Å². The molecule has 0 aliphatic heterocycles. The lowest BCUT2D eigenvalue weighted by Crippen LogP contribution is -2.45. The molecule has 98 valence electrons. The Balaban J connectivity index is 1.79. The SMILES string of the molecule is NCC1(C(=O)NCC2CCCCC2)CCCC1. The lowest BCUT2D eigenvalue weighted by Gasteiger charge is -2.28. The molecule has 2 fully saturated rings. The molecular formula is C14H26N2O. The van der Waals surface area contributed by atoms with Gasteiger partial charge in [-0.05, 0) is 31.6 Å². The van der Waals surface area contributed by atoms with Crippen LogP contribution in [0.15, 0.2) is 0 Å². The molecule has 0 heterocycles. The van der Waals surface area contributed by atoms with Crippen LogP contribution in [0, 0.1) is 11.3 Å². The van der Waals surface area contributed by atoms with Gasteiger partial charge in [0.15, 0.2) is 0 Å². The normalized spacial score (nSPS) is 24.8. The molecule has 0 unspecified atom stereocenters. The van der Waals surface area contributed by atoms with Crippen molar-refractivity contribution >= 4 is 5.91 Å². The fourth-order valence-corrected chi connectivity index (χ4v) is 3.39. The van der Waals surface area contributed by atoms with E-state index in [1.165, 1.54) is 32.1 Å². The maximum absolute atomic E-state index is 12.2. The molecule has 0 saturated heterocycles. The van der Waals surface area contributed by atoms with Gasteiger partial charge in [0, 0.05) is 13.1 Å². The summed E-state index contributed by atoms with van der Waals surface area (Å²) >= 11 is 0.